The zero-order chi connectivity index (χ0) is 25.9. The van der Waals surface area contributed by atoms with Gasteiger partial charge in [0.1, 0.15) is 5.02 Å². The molecule has 2 aromatic carbocycles. The Bertz CT molecular complexity index is 1320. The summed E-state index contributed by atoms with van der Waals surface area (Å²) in [4.78, 5) is 44.0. The lowest BCUT2D eigenvalue weighted by atomic mass is 10.1. The SMILES string of the molecule is O=C(C(=O)N(CC(O)c1ccccc1)C1CC1)N1CCN(c2cnn(-c3ccccc3)c(=O)c2Cl)CC1. The van der Waals surface area contributed by atoms with Crippen LogP contribution < -0.4 is 10.5 Å². The number of benzene rings is 2. The topological polar surface area (TPSA) is 99.0 Å². The van der Waals surface area contributed by atoms with Crippen LogP contribution in [0.25, 0.3) is 5.69 Å². The number of aromatic nitrogens is 2. The Morgan fingerprint density at radius 3 is 2.24 bits per heavy atom. The van der Waals surface area contributed by atoms with Crippen LogP contribution in [0.3, 0.4) is 0 Å². The third kappa shape index (κ3) is 5.38. The first kappa shape index (κ1) is 25.0. The maximum absolute atomic E-state index is 13.1. The molecule has 1 aliphatic heterocycles. The Labute approximate surface area is 219 Å². The van der Waals surface area contributed by atoms with Crippen molar-refractivity contribution >= 4 is 29.1 Å². The predicted molar refractivity (Wildman–Crippen MR) is 140 cm³/mol. The van der Waals surface area contributed by atoms with Crippen molar-refractivity contribution in [1.82, 2.24) is 19.6 Å². The first-order valence-electron chi connectivity index (χ1n) is 12.3. The molecule has 37 heavy (non-hydrogen) atoms. The summed E-state index contributed by atoms with van der Waals surface area (Å²) in [5.74, 6) is -1.16. The number of aliphatic hydroxyl groups is 1. The molecule has 0 bridgehead atoms. The second kappa shape index (κ2) is 10.7. The molecule has 1 unspecified atom stereocenters. The van der Waals surface area contributed by atoms with Crippen LogP contribution in [0.1, 0.15) is 24.5 Å². The number of hydrogen-bond acceptors (Lipinski definition) is 6. The second-order valence-corrected chi connectivity index (χ2v) is 9.67. The van der Waals surface area contributed by atoms with Crippen LogP contribution in [0.2, 0.25) is 5.02 Å². The van der Waals surface area contributed by atoms with E-state index in [2.05, 4.69) is 5.10 Å². The molecule has 0 radical (unpaired) electrons. The molecule has 5 rings (SSSR count). The molecule has 1 saturated carbocycles. The first-order valence-corrected chi connectivity index (χ1v) is 12.7. The maximum Gasteiger partial charge on any atom is 0.312 e. The zero-order valence-corrected chi connectivity index (χ0v) is 21.0. The van der Waals surface area contributed by atoms with E-state index in [9.17, 15) is 19.5 Å². The number of carbonyl (C=O) groups is 2. The normalized spacial score (nSPS) is 16.4. The molecule has 192 valence electrons. The van der Waals surface area contributed by atoms with E-state index < -0.39 is 23.5 Å². The van der Waals surface area contributed by atoms with Crippen LogP contribution in [0.15, 0.2) is 71.7 Å². The summed E-state index contributed by atoms with van der Waals surface area (Å²) < 4.78 is 1.25. The van der Waals surface area contributed by atoms with E-state index in [1.807, 2.05) is 41.3 Å². The number of nitrogens with zero attached hydrogens (tertiary/aromatic N) is 5. The molecule has 1 aliphatic carbocycles. The number of para-hydroxylation sites is 1. The summed E-state index contributed by atoms with van der Waals surface area (Å²) in [5.41, 5.74) is 1.41. The highest BCUT2D eigenvalue weighted by atomic mass is 35.5. The first-order chi connectivity index (χ1) is 17.9. The standard InChI is InChI=1S/C27H28ClN5O4/c28-24-22(17-29-33(25(24)35)21-9-5-2-6-10-21)30-13-15-31(16-14-30)26(36)27(37)32(20-11-12-20)18-23(34)19-7-3-1-4-8-19/h1-10,17,20,23,34H,11-16,18H2. The number of halogens is 1. The van der Waals surface area contributed by atoms with E-state index >= 15 is 0 Å². The number of anilines is 1. The lowest BCUT2D eigenvalue weighted by Gasteiger charge is -2.36. The molecule has 1 N–H and O–H groups in total. The minimum absolute atomic E-state index is 0.0166. The van der Waals surface area contributed by atoms with Crippen LogP contribution in [0.5, 0.6) is 0 Å². The van der Waals surface area contributed by atoms with E-state index in [1.54, 1.807) is 30.5 Å². The van der Waals surface area contributed by atoms with E-state index in [-0.39, 0.29) is 17.6 Å². The largest absolute Gasteiger partial charge is 0.387 e. The van der Waals surface area contributed by atoms with E-state index in [0.717, 1.165) is 12.8 Å². The van der Waals surface area contributed by atoms with Gasteiger partial charge in [-0.1, -0.05) is 60.1 Å². The summed E-state index contributed by atoms with van der Waals surface area (Å²) in [6, 6.07) is 18.1. The van der Waals surface area contributed by atoms with Crippen LogP contribution in [-0.4, -0.2) is 75.3 Å². The number of carbonyl (C=O) groups excluding carboxylic acids is 2. The van der Waals surface area contributed by atoms with Gasteiger partial charge in [0, 0.05) is 32.2 Å². The summed E-state index contributed by atoms with van der Waals surface area (Å²) in [6.45, 7) is 1.51. The summed E-state index contributed by atoms with van der Waals surface area (Å²) >= 11 is 6.43. The highest BCUT2D eigenvalue weighted by Gasteiger charge is 2.39. The fourth-order valence-electron chi connectivity index (χ4n) is 4.56. The zero-order valence-electron chi connectivity index (χ0n) is 20.2. The smallest absolute Gasteiger partial charge is 0.312 e. The number of rotatable bonds is 6. The average Bonchev–Trinajstić information content (AvgIpc) is 3.79. The highest BCUT2D eigenvalue weighted by Crippen LogP contribution is 2.30. The van der Waals surface area contributed by atoms with Crippen molar-refractivity contribution in [1.29, 1.82) is 0 Å². The van der Waals surface area contributed by atoms with Crippen molar-refractivity contribution < 1.29 is 14.7 Å². The Balaban J connectivity index is 1.23. The fraction of sp³-hybridized carbons (Fsp3) is 0.333. The van der Waals surface area contributed by atoms with Gasteiger partial charge in [0.05, 0.1) is 30.2 Å². The molecule has 2 amide bonds. The van der Waals surface area contributed by atoms with Crippen molar-refractivity contribution in [3.05, 3.63) is 87.8 Å². The molecular formula is C27H28ClN5O4. The lowest BCUT2D eigenvalue weighted by molar-refractivity contribution is -0.153. The van der Waals surface area contributed by atoms with Gasteiger partial charge in [0.2, 0.25) is 0 Å². The van der Waals surface area contributed by atoms with Crippen molar-refractivity contribution in [3.8, 4) is 5.69 Å². The third-order valence-electron chi connectivity index (χ3n) is 6.79. The van der Waals surface area contributed by atoms with Crippen molar-refractivity contribution in [2.45, 2.75) is 25.0 Å². The molecule has 9 nitrogen and oxygen atoms in total. The van der Waals surface area contributed by atoms with Gasteiger partial charge < -0.3 is 19.8 Å². The Morgan fingerprint density at radius 1 is 1.00 bits per heavy atom. The molecule has 10 heteroatoms. The predicted octanol–water partition coefficient (Wildman–Crippen LogP) is 2.26. The molecular weight excluding hydrogens is 494 g/mol. The van der Waals surface area contributed by atoms with Crippen LogP contribution in [0.4, 0.5) is 5.69 Å². The molecule has 2 aliphatic rings. The van der Waals surface area contributed by atoms with E-state index in [0.29, 0.717) is 43.1 Å². The molecule has 3 aromatic rings. The molecule has 2 fully saturated rings. The molecule has 1 atom stereocenters. The maximum atomic E-state index is 13.1. The number of hydrogen-bond donors (Lipinski definition) is 1. The summed E-state index contributed by atoms with van der Waals surface area (Å²) in [5, 5.41) is 15.0. The third-order valence-corrected chi connectivity index (χ3v) is 7.15. The highest BCUT2D eigenvalue weighted by molar-refractivity contribution is 6.35. The Hall–Kier alpha value is -3.69. The van der Waals surface area contributed by atoms with Gasteiger partial charge in [0.25, 0.3) is 5.56 Å². The number of amides is 2. The van der Waals surface area contributed by atoms with Gasteiger partial charge >= 0.3 is 11.8 Å². The minimum atomic E-state index is -0.858. The number of piperazine rings is 1. The van der Waals surface area contributed by atoms with Gasteiger partial charge in [-0.05, 0) is 30.5 Å². The quantitative estimate of drug-likeness (QED) is 0.500. The van der Waals surface area contributed by atoms with Gasteiger partial charge in [-0.3, -0.25) is 14.4 Å². The van der Waals surface area contributed by atoms with Gasteiger partial charge in [-0.25, -0.2) is 0 Å². The van der Waals surface area contributed by atoms with Crippen molar-refractivity contribution in [2.75, 3.05) is 37.6 Å². The monoisotopic (exact) mass is 521 g/mol. The fourth-order valence-corrected chi connectivity index (χ4v) is 4.81. The minimum Gasteiger partial charge on any atom is -0.387 e. The molecule has 1 aromatic heterocycles. The van der Waals surface area contributed by atoms with Gasteiger partial charge in [-0.15, -0.1) is 0 Å². The van der Waals surface area contributed by atoms with Gasteiger partial charge in [-0.2, -0.15) is 9.78 Å². The Morgan fingerprint density at radius 2 is 1.62 bits per heavy atom. The second-order valence-electron chi connectivity index (χ2n) is 9.29. The van der Waals surface area contributed by atoms with Crippen LogP contribution in [-0.2, 0) is 9.59 Å². The van der Waals surface area contributed by atoms with E-state index in [4.69, 9.17) is 11.6 Å². The van der Waals surface area contributed by atoms with Crippen molar-refractivity contribution in [3.63, 3.8) is 0 Å². The van der Waals surface area contributed by atoms with E-state index in [1.165, 1.54) is 14.5 Å². The van der Waals surface area contributed by atoms with Crippen molar-refractivity contribution in [2.24, 2.45) is 0 Å². The summed E-state index contributed by atoms with van der Waals surface area (Å²) in [6.07, 6.45) is 2.35. The van der Waals surface area contributed by atoms with Crippen LogP contribution in [0, 0.1) is 0 Å². The summed E-state index contributed by atoms with van der Waals surface area (Å²) in [7, 11) is 0. The average molecular weight is 522 g/mol. The molecule has 0 spiro atoms. The van der Waals surface area contributed by atoms with Crippen LogP contribution >= 0.6 is 11.6 Å². The number of aliphatic hydroxyl groups excluding tert-OH is 1. The Kier molecular flexibility index (Phi) is 7.25. The lowest BCUT2D eigenvalue weighted by Crippen LogP contribution is -2.54. The molecule has 1 saturated heterocycles. The molecule has 2 heterocycles. The van der Waals surface area contributed by atoms with Gasteiger partial charge in [0.15, 0.2) is 0 Å².